The van der Waals surface area contributed by atoms with E-state index in [1.54, 1.807) is 12.1 Å². The third-order valence-corrected chi connectivity index (χ3v) is 3.58. The minimum Gasteiger partial charge on any atom is -0.366 e. The van der Waals surface area contributed by atoms with Crippen molar-refractivity contribution in [1.29, 1.82) is 0 Å². The molecule has 0 heterocycles. The van der Waals surface area contributed by atoms with E-state index in [0.29, 0.717) is 24.4 Å². The van der Waals surface area contributed by atoms with Crippen molar-refractivity contribution >= 4 is 11.4 Å². The van der Waals surface area contributed by atoms with E-state index < -0.39 is 0 Å². The maximum absolute atomic E-state index is 11.8. The molecule has 4 nitrogen and oxygen atoms in total. The van der Waals surface area contributed by atoms with Gasteiger partial charge in [0, 0.05) is 18.7 Å². The molecule has 0 amide bonds. The van der Waals surface area contributed by atoms with Gasteiger partial charge in [-0.3, -0.25) is 10.1 Å². The zero-order chi connectivity index (χ0) is 15.9. The van der Waals surface area contributed by atoms with E-state index in [2.05, 4.69) is 0 Å². The number of hydrogen-bond acceptors (Lipinski definition) is 3. The average molecular weight is 296 g/mol. The Morgan fingerprint density at radius 2 is 1.36 bits per heavy atom. The zero-order valence-electron chi connectivity index (χ0n) is 12.9. The van der Waals surface area contributed by atoms with Crippen LogP contribution in [0.5, 0.6) is 0 Å². The normalized spacial score (nSPS) is 11.7. The largest absolute Gasteiger partial charge is 0.366 e. The van der Waals surface area contributed by atoms with Gasteiger partial charge in [-0.2, -0.15) is 0 Å². The third kappa shape index (κ3) is 3.34. The van der Waals surface area contributed by atoms with Crippen LogP contribution in [0.3, 0.4) is 0 Å². The third-order valence-electron chi connectivity index (χ3n) is 3.58. The molecule has 0 saturated heterocycles. The van der Waals surface area contributed by atoms with E-state index in [-0.39, 0.29) is 10.6 Å². The standard InChI is InChI=1S/C18H20N2O2/c1-3-19(4-2)17(15-11-7-5-8-12-15)18(20(21)22)16-13-9-6-10-14-16/h5-14H,3-4H2,1-2H3. The summed E-state index contributed by atoms with van der Waals surface area (Å²) in [6, 6.07) is 18.6. The van der Waals surface area contributed by atoms with Gasteiger partial charge >= 0.3 is 0 Å². The highest BCUT2D eigenvalue weighted by Crippen LogP contribution is 2.29. The first-order valence-corrected chi connectivity index (χ1v) is 7.43. The summed E-state index contributed by atoms with van der Waals surface area (Å²) in [7, 11) is 0. The summed E-state index contributed by atoms with van der Waals surface area (Å²) < 4.78 is 0. The Bertz CT molecular complexity index is 647. The molecule has 0 N–H and O–H groups in total. The first-order valence-electron chi connectivity index (χ1n) is 7.43. The highest BCUT2D eigenvalue weighted by Gasteiger charge is 2.25. The quantitative estimate of drug-likeness (QED) is 0.457. The molecule has 0 saturated carbocycles. The Kier molecular flexibility index (Phi) is 5.31. The molecule has 0 unspecified atom stereocenters. The van der Waals surface area contributed by atoms with Crippen LogP contribution in [-0.4, -0.2) is 22.9 Å². The maximum atomic E-state index is 11.8. The Morgan fingerprint density at radius 1 is 0.909 bits per heavy atom. The van der Waals surface area contributed by atoms with Crippen molar-refractivity contribution in [3.8, 4) is 0 Å². The molecule has 0 aliphatic carbocycles. The summed E-state index contributed by atoms with van der Waals surface area (Å²) in [6.07, 6.45) is 0. The van der Waals surface area contributed by atoms with E-state index in [0.717, 1.165) is 5.56 Å². The van der Waals surface area contributed by atoms with Gasteiger partial charge in [0.25, 0.3) is 5.70 Å². The number of benzene rings is 2. The van der Waals surface area contributed by atoms with Gasteiger partial charge in [-0.15, -0.1) is 0 Å². The van der Waals surface area contributed by atoms with Gasteiger partial charge in [0.05, 0.1) is 10.5 Å². The Hall–Kier alpha value is -2.62. The molecule has 2 aromatic carbocycles. The van der Waals surface area contributed by atoms with Crippen molar-refractivity contribution in [2.24, 2.45) is 0 Å². The molecular weight excluding hydrogens is 276 g/mol. The zero-order valence-corrected chi connectivity index (χ0v) is 12.9. The summed E-state index contributed by atoms with van der Waals surface area (Å²) >= 11 is 0. The minimum absolute atomic E-state index is 0.149. The van der Waals surface area contributed by atoms with Crippen LogP contribution in [0, 0.1) is 10.1 Å². The van der Waals surface area contributed by atoms with Crippen molar-refractivity contribution in [3.05, 3.63) is 81.9 Å². The Balaban J connectivity index is 2.74. The molecule has 0 fully saturated rings. The van der Waals surface area contributed by atoms with Gasteiger partial charge in [0.2, 0.25) is 0 Å². The van der Waals surface area contributed by atoms with Crippen molar-refractivity contribution in [2.75, 3.05) is 13.1 Å². The van der Waals surface area contributed by atoms with E-state index in [9.17, 15) is 10.1 Å². The van der Waals surface area contributed by atoms with Crippen LogP contribution in [0.1, 0.15) is 25.0 Å². The summed E-state index contributed by atoms with van der Waals surface area (Å²) in [4.78, 5) is 13.5. The fourth-order valence-corrected chi connectivity index (χ4v) is 2.53. The van der Waals surface area contributed by atoms with Crippen LogP contribution < -0.4 is 0 Å². The molecule has 114 valence electrons. The van der Waals surface area contributed by atoms with Gasteiger partial charge in [0.1, 0.15) is 5.70 Å². The van der Waals surface area contributed by atoms with Crippen LogP contribution in [0.25, 0.3) is 11.4 Å². The molecule has 2 aromatic rings. The van der Waals surface area contributed by atoms with Crippen LogP contribution in [0.15, 0.2) is 60.7 Å². The lowest BCUT2D eigenvalue weighted by Crippen LogP contribution is -2.24. The van der Waals surface area contributed by atoms with Gasteiger partial charge < -0.3 is 4.90 Å². The summed E-state index contributed by atoms with van der Waals surface area (Å²) in [6.45, 7) is 5.44. The molecule has 0 atom stereocenters. The van der Waals surface area contributed by atoms with Crippen molar-refractivity contribution in [2.45, 2.75) is 13.8 Å². The van der Waals surface area contributed by atoms with Crippen LogP contribution in [0.4, 0.5) is 0 Å². The fraction of sp³-hybridized carbons (Fsp3) is 0.222. The van der Waals surface area contributed by atoms with E-state index in [1.807, 2.05) is 67.3 Å². The minimum atomic E-state index is -0.282. The van der Waals surface area contributed by atoms with Crippen molar-refractivity contribution in [3.63, 3.8) is 0 Å². The van der Waals surface area contributed by atoms with Gasteiger partial charge in [-0.25, -0.2) is 0 Å². The molecule has 2 rings (SSSR count). The van der Waals surface area contributed by atoms with E-state index in [1.165, 1.54) is 0 Å². The molecule has 0 aliphatic rings. The van der Waals surface area contributed by atoms with Crippen molar-refractivity contribution < 1.29 is 4.92 Å². The molecular formula is C18H20N2O2. The monoisotopic (exact) mass is 296 g/mol. The second kappa shape index (κ2) is 7.41. The fourth-order valence-electron chi connectivity index (χ4n) is 2.53. The molecule has 0 radical (unpaired) electrons. The predicted molar refractivity (Wildman–Crippen MR) is 89.6 cm³/mol. The molecule has 0 aromatic heterocycles. The highest BCUT2D eigenvalue weighted by atomic mass is 16.6. The lowest BCUT2D eigenvalue weighted by molar-refractivity contribution is -0.375. The lowest BCUT2D eigenvalue weighted by atomic mass is 10.0. The van der Waals surface area contributed by atoms with Crippen LogP contribution >= 0.6 is 0 Å². The average Bonchev–Trinajstić information content (AvgIpc) is 2.56. The van der Waals surface area contributed by atoms with Gasteiger partial charge in [0.15, 0.2) is 0 Å². The van der Waals surface area contributed by atoms with E-state index >= 15 is 0 Å². The van der Waals surface area contributed by atoms with E-state index in [4.69, 9.17) is 0 Å². The SMILES string of the molecule is CCN(CC)C(=C(c1ccccc1)[N+](=O)[O-])c1ccccc1. The number of nitro groups is 1. The maximum Gasteiger partial charge on any atom is 0.300 e. The van der Waals surface area contributed by atoms with Gasteiger partial charge in [-0.05, 0) is 26.0 Å². The Labute approximate surface area is 130 Å². The lowest BCUT2D eigenvalue weighted by Gasteiger charge is -2.24. The highest BCUT2D eigenvalue weighted by molar-refractivity contribution is 5.85. The summed E-state index contributed by atoms with van der Waals surface area (Å²) in [5.41, 5.74) is 2.30. The smallest absolute Gasteiger partial charge is 0.300 e. The topological polar surface area (TPSA) is 46.4 Å². The molecule has 0 aliphatic heterocycles. The molecule has 22 heavy (non-hydrogen) atoms. The van der Waals surface area contributed by atoms with Crippen molar-refractivity contribution in [1.82, 2.24) is 4.90 Å². The number of nitrogens with zero attached hydrogens (tertiary/aromatic N) is 2. The van der Waals surface area contributed by atoms with Crippen LogP contribution in [-0.2, 0) is 0 Å². The molecule has 0 bridgehead atoms. The second-order valence-corrected chi connectivity index (χ2v) is 4.86. The predicted octanol–water partition coefficient (Wildman–Crippen LogP) is 4.13. The Morgan fingerprint density at radius 3 is 1.77 bits per heavy atom. The summed E-state index contributed by atoms with van der Waals surface area (Å²) in [5, 5.41) is 11.8. The first-order chi connectivity index (χ1) is 10.7. The van der Waals surface area contributed by atoms with Gasteiger partial charge in [-0.1, -0.05) is 48.5 Å². The molecule has 4 heteroatoms. The second-order valence-electron chi connectivity index (χ2n) is 4.86. The number of hydrogen-bond donors (Lipinski definition) is 0. The first kappa shape index (κ1) is 15.8. The number of rotatable bonds is 6. The molecule has 0 spiro atoms. The summed E-state index contributed by atoms with van der Waals surface area (Å²) in [5.74, 6) is 0. The van der Waals surface area contributed by atoms with Crippen LogP contribution in [0.2, 0.25) is 0 Å².